The first-order chi connectivity index (χ1) is 13.5. The molecule has 0 saturated heterocycles. The number of fused-ring (bicyclic) bond motifs is 1. The molecule has 28 heavy (non-hydrogen) atoms. The van der Waals surface area contributed by atoms with E-state index in [9.17, 15) is 9.59 Å². The number of carbonyl (C=O) groups is 2. The molecule has 144 valence electrons. The highest BCUT2D eigenvalue weighted by Gasteiger charge is 2.19. The van der Waals surface area contributed by atoms with Crippen LogP contribution in [-0.2, 0) is 14.3 Å². The molecule has 1 amide bonds. The number of nitrogens with zero attached hydrogens (tertiary/aromatic N) is 1. The van der Waals surface area contributed by atoms with Gasteiger partial charge >= 0.3 is 5.97 Å². The summed E-state index contributed by atoms with van der Waals surface area (Å²) in [5.74, 6) is -0.382. The number of amides is 1. The highest BCUT2D eigenvalue weighted by molar-refractivity contribution is 5.92. The highest BCUT2D eigenvalue weighted by Crippen LogP contribution is 2.18. The fourth-order valence-electron chi connectivity index (χ4n) is 2.74. The Balaban J connectivity index is 1.70. The standard InChI is InChI=1S/C22H22N2O4/c1-15(2)27-22(26)14-18(16-8-4-3-5-9-16)23-20(25)12-13-21-24-17-10-6-7-11-19(17)28-21/h3-13,15,18H,14H2,1-2H3,(H,23,25)/b13-12+. The molecule has 0 aliphatic carbocycles. The Morgan fingerprint density at radius 2 is 1.82 bits per heavy atom. The number of carbonyl (C=O) groups excluding carboxylic acids is 2. The van der Waals surface area contributed by atoms with Gasteiger partial charge in [-0.3, -0.25) is 9.59 Å². The minimum atomic E-state index is -0.492. The topological polar surface area (TPSA) is 81.4 Å². The molecule has 1 unspecified atom stereocenters. The number of hydrogen-bond acceptors (Lipinski definition) is 5. The maximum atomic E-state index is 12.4. The molecule has 6 nitrogen and oxygen atoms in total. The molecule has 1 atom stereocenters. The Hall–Kier alpha value is -3.41. The van der Waals surface area contributed by atoms with Crippen LogP contribution in [0.15, 0.2) is 65.1 Å². The summed E-state index contributed by atoms with van der Waals surface area (Å²) < 4.78 is 10.8. The minimum Gasteiger partial charge on any atom is -0.463 e. The molecule has 0 saturated carbocycles. The number of benzene rings is 2. The quantitative estimate of drug-likeness (QED) is 0.496. The van der Waals surface area contributed by atoms with Crippen molar-refractivity contribution in [3.63, 3.8) is 0 Å². The number of nitrogens with one attached hydrogen (secondary N) is 1. The molecule has 0 spiro atoms. The molecule has 0 aliphatic rings. The molecule has 1 aromatic heterocycles. The molecular weight excluding hydrogens is 356 g/mol. The number of aromatic nitrogens is 1. The molecule has 2 aromatic carbocycles. The minimum absolute atomic E-state index is 0.0463. The third kappa shape index (κ3) is 5.30. The third-order valence-electron chi connectivity index (χ3n) is 3.94. The van der Waals surface area contributed by atoms with Crippen LogP contribution in [0.5, 0.6) is 0 Å². The molecule has 6 heteroatoms. The SMILES string of the molecule is CC(C)OC(=O)CC(NC(=O)/C=C/c1nc2ccccc2o1)c1ccccc1. The van der Waals surface area contributed by atoms with E-state index in [1.54, 1.807) is 13.8 Å². The zero-order chi connectivity index (χ0) is 19.9. The Kier molecular flexibility index (Phi) is 6.22. The molecule has 0 fully saturated rings. The van der Waals surface area contributed by atoms with Crippen LogP contribution >= 0.6 is 0 Å². The van der Waals surface area contributed by atoms with Crippen molar-refractivity contribution in [3.8, 4) is 0 Å². The van der Waals surface area contributed by atoms with Gasteiger partial charge in [0.05, 0.1) is 18.6 Å². The van der Waals surface area contributed by atoms with E-state index >= 15 is 0 Å². The summed E-state index contributed by atoms with van der Waals surface area (Å²) in [7, 11) is 0. The maximum absolute atomic E-state index is 12.4. The highest BCUT2D eigenvalue weighted by atomic mass is 16.5. The van der Waals surface area contributed by atoms with E-state index in [1.807, 2.05) is 54.6 Å². The predicted molar refractivity (Wildman–Crippen MR) is 106 cm³/mol. The van der Waals surface area contributed by atoms with Gasteiger partial charge in [0.1, 0.15) is 5.52 Å². The van der Waals surface area contributed by atoms with Crippen LogP contribution in [0, 0.1) is 0 Å². The van der Waals surface area contributed by atoms with Gasteiger partial charge in [-0.05, 0) is 31.5 Å². The van der Waals surface area contributed by atoms with Gasteiger partial charge in [0, 0.05) is 12.2 Å². The van der Waals surface area contributed by atoms with E-state index in [4.69, 9.17) is 9.15 Å². The van der Waals surface area contributed by atoms with Crippen LogP contribution < -0.4 is 5.32 Å². The van der Waals surface area contributed by atoms with Crippen molar-refractivity contribution in [1.29, 1.82) is 0 Å². The monoisotopic (exact) mass is 378 g/mol. The zero-order valence-corrected chi connectivity index (χ0v) is 15.8. The summed E-state index contributed by atoms with van der Waals surface area (Å²) in [6, 6.07) is 16.2. The smallest absolute Gasteiger partial charge is 0.308 e. The largest absolute Gasteiger partial charge is 0.463 e. The number of para-hydroxylation sites is 2. The zero-order valence-electron chi connectivity index (χ0n) is 15.8. The van der Waals surface area contributed by atoms with Gasteiger partial charge in [-0.1, -0.05) is 42.5 Å². The second-order valence-electron chi connectivity index (χ2n) is 6.57. The predicted octanol–water partition coefficient (Wildman–Crippen LogP) is 4.04. The van der Waals surface area contributed by atoms with E-state index < -0.39 is 6.04 Å². The lowest BCUT2D eigenvalue weighted by molar-refractivity contribution is -0.148. The first-order valence-corrected chi connectivity index (χ1v) is 9.10. The van der Waals surface area contributed by atoms with Crippen molar-refractivity contribution in [1.82, 2.24) is 10.3 Å². The van der Waals surface area contributed by atoms with Crippen LogP contribution in [0.1, 0.15) is 37.8 Å². The van der Waals surface area contributed by atoms with Crippen molar-refractivity contribution >= 4 is 29.1 Å². The van der Waals surface area contributed by atoms with Crippen molar-refractivity contribution in [2.24, 2.45) is 0 Å². The van der Waals surface area contributed by atoms with E-state index in [1.165, 1.54) is 12.2 Å². The summed E-state index contributed by atoms with van der Waals surface area (Å²) in [6.07, 6.45) is 2.68. The van der Waals surface area contributed by atoms with Gasteiger partial charge in [0.15, 0.2) is 5.58 Å². The van der Waals surface area contributed by atoms with Crippen LogP contribution in [0.4, 0.5) is 0 Å². The van der Waals surface area contributed by atoms with E-state index in [-0.39, 0.29) is 24.4 Å². The van der Waals surface area contributed by atoms with E-state index in [0.717, 1.165) is 11.1 Å². The summed E-state index contributed by atoms with van der Waals surface area (Å²) in [6.45, 7) is 3.58. The average Bonchev–Trinajstić information content (AvgIpc) is 3.09. The van der Waals surface area contributed by atoms with Gasteiger partial charge in [-0.25, -0.2) is 4.98 Å². The molecule has 0 radical (unpaired) electrons. The lowest BCUT2D eigenvalue weighted by Crippen LogP contribution is -2.29. The normalized spacial score (nSPS) is 12.4. The Labute approximate surface area is 163 Å². The van der Waals surface area contributed by atoms with Gasteiger partial charge in [-0.2, -0.15) is 0 Å². The maximum Gasteiger partial charge on any atom is 0.308 e. The van der Waals surface area contributed by atoms with Gasteiger partial charge < -0.3 is 14.5 Å². The van der Waals surface area contributed by atoms with Crippen molar-refractivity contribution in [2.75, 3.05) is 0 Å². The first kappa shape index (κ1) is 19.4. The molecule has 3 aromatic rings. The fraction of sp³-hybridized carbons (Fsp3) is 0.227. The third-order valence-corrected chi connectivity index (χ3v) is 3.94. The number of oxazole rings is 1. The molecular formula is C22H22N2O4. The number of esters is 1. The lowest BCUT2D eigenvalue weighted by atomic mass is 10.0. The van der Waals surface area contributed by atoms with Gasteiger partial charge in [0.2, 0.25) is 11.8 Å². The number of hydrogen-bond donors (Lipinski definition) is 1. The summed E-state index contributed by atoms with van der Waals surface area (Å²) >= 11 is 0. The van der Waals surface area contributed by atoms with Crippen LogP contribution in [-0.4, -0.2) is 23.0 Å². The van der Waals surface area contributed by atoms with Crippen molar-refractivity contribution in [2.45, 2.75) is 32.4 Å². The summed E-state index contributed by atoms with van der Waals surface area (Å²) in [5, 5.41) is 2.85. The van der Waals surface area contributed by atoms with Crippen molar-refractivity contribution in [3.05, 3.63) is 72.1 Å². The number of ether oxygens (including phenoxy) is 1. The van der Waals surface area contributed by atoms with E-state index in [2.05, 4.69) is 10.3 Å². The fourth-order valence-corrected chi connectivity index (χ4v) is 2.74. The summed E-state index contributed by atoms with van der Waals surface area (Å²) in [5.41, 5.74) is 2.20. The van der Waals surface area contributed by atoms with Gasteiger partial charge in [-0.15, -0.1) is 0 Å². The Morgan fingerprint density at radius 1 is 1.11 bits per heavy atom. The van der Waals surface area contributed by atoms with Crippen LogP contribution in [0.25, 0.3) is 17.2 Å². The van der Waals surface area contributed by atoms with E-state index in [0.29, 0.717) is 11.5 Å². The molecule has 0 aliphatic heterocycles. The van der Waals surface area contributed by atoms with Gasteiger partial charge in [0.25, 0.3) is 0 Å². The van der Waals surface area contributed by atoms with Crippen LogP contribution in [0.2, 0.25) is 0 Å². The number of rotatable bonds is 7. The lowest BCUT2D eigenvalue weighted by Gasteiger charge is -2.18. The Morgan fingerprint density at radius 3 is 2.54 bits per heavy atom. The molecule has 1 heterocycles. The average molecular weight is 378 g/mol. The summed E-state index contributed by atoms with van der Waals surface area (Å²) in [4.78, 5) is 28.8. The molecule has 0 bridgehead atoms. The molecule has 1 N–H and O–H groups in total. The molecule has 3 rings (SSSR count). The second-order valence-corrected chi connectivity index (χ2v) is 6.57. The second kappa shape index (κ2) is 8.99. The van der Waals surface area contributed by atoms with Crippen LogP contribution in [0.3, 0.4) is 0 Å². The first-order valence-electron chi connectivity index (χ1n) is 9.10. The Bertz CT molecular complexity index is 943. The van der Waals surface area contributed by atoms with Crippen molar-refractivity contribution < 1.29 is 18.7 Å².